The van der Waals surface area contributed by atoms with Gasteiger partial charge in [-0.1, -0.05) is 12.1 Å². The van der Waals surface area contributed by atoms with Gasteiger partial charge < -0.3 is 10.1 Å². The van der Waals surface area contributed by atoms with Crippen molar-refractivity contribution in [3.05, 3.63) is 41.5 Å². The van der Waals surface area contributed by atoms with Crippen LogP contribution in [-0.4, -0.2) is 45.4 Å². The summed E-state index contributed by atoms with van der Waals surface area (Å²) in [4.78, 5) is 12.6. The lowest BCUT2D eigenvalue weighted by Crippen LogP contribution is -2.37. The van der Waals surface area contributed by atoms with Gasteiger partial charge in [0.25, 0.3) is 0 Å². The van der Waals surface area contributed by atoms with Crippen molar-refractivity contribution in [2.24, 2.45) is 0 Å². The van der Waals surface area contributed by atoms with Crippen LogP contribution < -0.4 is 5.32 Å². The number of rotatable bonds is 8. The molecule has 8 heteroatoms. The number of halogens is 1. The summed E-state index contributed by atoms with van der Waals surface area (Å²) in [5.41, 5.74) is 0.709. The highest BCUT2D eigenvalue weighted by molar-refractivity contribution is 5.80. The molecule has 1 aromatic heterocycles. The smallest absolute Gasteiger partial charge is 0.245 e. The third-order valence-corrected chi connectivity index (χ3v) is 4.38. The van der Waals surface area contributed by atoms with Gasteiger partial charge in [-0.25, -0.2) is 9.07 Å². The Kier molecular flexibility index (Phi) is 5.70. The van der Waals surface area contributed by atoms with E-state index in [1.807, 2.05) is 0 Å². The van der Waals surface area contributed by atoms with Crippen LogP contribution in [0, 0.1) is 12.7 Å². The summed E-state index contributed by atoms with van der Waals surface area (Å²) in [6.07, 6.45) is 4.05. The predicted octanol–water partition coefficient (Wildman–Crippen LogP) is 1.59. The average Bonchev–Trinajstić information content (AvgIpc) is 2.96. The summed E-state index contributed by atoms with van der Waals surface area (Å²) < 4.78 is 20.5. The molecular formula is C17H22FN5O2. The number of hydrogen-bond acceptors (Lipinski definition) is 5. The van der Waals surface area contributed by atoms with Crippen molar-refractivity contribution in [3.8, 4) is 0 Å². The summed E-state index contributed by atoms with van der Waals surface area (Å²) in [5.74, 6) is -0.0156. The highest BCUT2D eigenvalue weighted by Gasteiger charge is 2.24. The molecule has 134 valence electrons. The first-order valence-corrected chi connectivity index (χ1v) is 8.51. The lowest BCUT2D eigenvalue weighted by Gasteiger charge is -2.25. The Balaban J connectivity index is 1.63. The van der Waals surface area contributed by atoms with Gasteiger partial charge in [0.2, 0.25) is 5.91 Å². The van der Waals surface area contributed by atoms with Gasteiger partial charge in [-0.3, -0.25) is 4.79 Å². The Hall–Kier alpha value is -2.35. The Morgan fingerprint density at radius 3 is 2.96 bits per heavy atom. The molecule has 2 aromatic rings. The number of aryl methyl sites for hydroxylation is 1. The van der Waals surface area contributed by atoms with Gasteiger partial charge in [0.05, 0.1) is 12.7 Å². The molecule has 1 amide bonds. The van der Waals surface area contributed by atoms with Crippen molar-refractivity contribution in [3.63, 3.8) is 0 Å². The van der Waals surface area contributed by atoms with Crippen molar-refractivity contribution in [2.75, 3.05) is 13.2 Å². The summed E-state index contributed by atoms with van der Waals surface area (Å²) in [6.45, 7) is 2.64. The zero-order chi connectivity index (χ0) is 17.6. The van der Waals surface area contributed by atoms with Crippen molar-refractivity contribution < 1.29 is 13.9 Å². The summed E-state index contributed by atoms with van der Waals surface area (Å²) in [5, 5.41) is 14.2. The van der Waals surface area contributed by atoms with Crippen LogP contribution in [0.2, 0.25) is 0 Å². The highest BCUT2D eigenvalue weighted by atomic mass is 19.1. The first-order chi connectivity index (χ1) is 12.1. The standard InChI is InChI=1S/C17H22FN5O2/c1-12-20-21-22-23(12)16(11-13-4-2-5-14(18)10-13)17(24)19-8-9-25-15-6-3-7-15/h2,4-5,10,15-16H,3,6-9,11H2,1H3,(H,19,24). The van der Waals surface area contributed by atoms with Crippen LogP contribution in [0.1, 0.15) is 36.7 Å². The zero-order valence-corrected chi connectivity index (χ0v) is 14.2. The molecule has 1 aliphatic carbocycles. The first-order valence-electron chi connectivity index (χ1n) is 8.51. The van der Waals surface area contributed by atoms with E-state index in [9.17, 15) is 9.18 Å². The summed E-state index contributed by atoms with van der Waals surface area (Å²) >= 11 is 0. The second-order valence-corrected chi connectivity index (χ2v) is 6.24. The van der Waals surface area contributed by atoms with Gasteiger partial charge in [-0.15, -0.1) is 5.10 Å². The molecule has 25 heavy (non-hydrogen) atoms. The Bertz CT molecular complexity index is 717. The second kappa shape index (κ2) is 8.15. The largest absolute Gasteiger partial charge is 0.376 e. The molecule has 1 aromatic carbocycles. The fourth-order valence-electron chi connectivity index (χ4n) is 2.76. The lowest BCUT2D eigenvalue weighted by atomic mass is 9.96. The summed E-state index contributed by atoms with van der Waals surface area (Å²) in [6, 6.07) is 5.56. The topological polar surface area (TPSA) is 81.9 Å². The number of nitrogens with zero attached hydrogens (tertiary/aromatic N) is 4. The van der Waals surface area contributed by atoms with Crippen LogP contribution in [-0.2, 0) is 16.0 Å². The van der Waals surface area contributed by atoms with E-state index in [1.54, 1.807) is 19.1 Å². The number of hydrogen-bond donors (Lipinski definition) is 1. The molecule has 1 fully saturated rings. The van der Waals surface area contributed by atoms with Gasteiger partial charge in [0.15, 0.2) is 0 Å². The molecule has 0 bridgehead atoms. The Morgan fingerprint density at radius 1 is 1.48 bits per heavy atom. The van der Waals surface area contributed by atoms with E-state index in [0.29, 0.717) is 37.1 Å². The van der Waals surface area contributed by atoms with Crippen molar-refractivity contribution in [1.29, 1.82) is 0 Å². The number of carbonyl (C=O) groups is 1. The minimum absolute atomic E-state index is 0.211. The van der Waals surface area contributed by atoms with Crippen LogP contribution in [0.3, 0.4) is 0 Å². The molecule has 0 spiro atoms. The van der Waals surface area contributed by atoms with Crippen LogP contribution in [0.5, 0.6) is 0 Å². The monoisotopic (exact) mass is 347 g/mol. The fourth-order valence-corrected chi connectivity index (χ4v) is 2.76. The number of amides is 1. The van der Waals surface area contributed by atoms with Gasteiger partial charge in [0.1, 0.15) is 17.7 Å². The maximum absolute atomic E-state index is 13.4. The Morgan fingerprint density at radius 2 is 2.32 bits per heavy atom. The number of ether oxygens (including phenoxy) is 1. The lowest BCUT2D eigenvalue weighted by molar-refractivity contribution is -0.125. The molecule has 0 saturated heterocycles. The van der Waals surface area contributed by atoms with Crippen molar-refractivity contribution in [1.82, 2.24) is 25.5 Å². The van der Waals surface area contributed by atoms with Crippen LogP contribution in [0.15, 0.2) is 24.3 Å². The molecule has 7 nitrogen and oxygen atoms in total. The molecule has 1 unspecified atom stereocenters. The number of benzene rings is 1. The predicted molar refractivity (Wildman–Crippen MR) is 88.3 cm³/mol. The van der Waals surface area contributed by atoms with Gasteiger partial charge in [-0.2, -0.15) is 0 Å². The van der Waals surface area contributed by atoms with Crippen molar-refractivity contribution in [2.45, 2.75) is 44.8 Å². The van der Waals surface area contributed by atoms with E-state index in [2.05, 4.69) is 20.8 Å². The van der Waals surface area contributed by atoms with E-state index in [4.69, 9.17) is 4.74 Å². The van der Waals surface area contributed by atoms with Crippen LogP contribution in [0.25, 0.3) is 0 Å². The fraction of sp³-hybridized carbons (Fsp3) is 0.529. The normalized spacial score (nSPS) is 15.6. The van der Waals surface area contributed by atoms with E-state index < -0.39 is 6.04 Å². The number of carbonyl (C=O) groups excluding carboxylic acids is 1. The molecule has 1 heterocycles. The minimum Gasteiger partial charge on any atom is -0.376 e. The average molecular weight is 347 g/mol. The maximum Gasteiger partial charge on any atom is 0.245 e. The molecule has 0 radical (unpaired) electrons. The zero-order valence-electron chi connectivity index (χ0n) is 14.2. The number of nitrogens with one attached hydrogen (secondary N) is 1. The Labute approximate surface area is 145 Å². The van der Waals surface area contributed by atoms with Gasteiger partial charge in [0, 0.05) is 13.0 Å². The highest BCUT2D eigenvalue weighted by Crippen LogP contribution is 2.21. The number of aromatic nitrogens is 4. The van der Waals surface area contributed by atoms with E-state index in [1.165, 1.54) is 23.2 Å². The molecule has 1 atom stereocenters. The molecule has 0 aliphatic heterocycles. The maximum atomic E-state index is 13.4. The molecule has 1 N–H and O–H groups in total. The van der Waals surface area contributed by atoms with Gasteiger partial charge >= 0.3 is 0 Å². The van der Waals surface area contributed by atoms with E-state index in [0.717, 1.165) is 12.8 Å². The SMILES string of the molecule is Cc1nnnn1C(Cc1cccc(F)c1)C(=O)NCCOC1CCC1. The molecular weight excluding hydrogens is 325 g/mol. The van der Waals surface area contributed by atoms with Crippen LogP contribution >= 0.6 is 0 Å². The van der Waals surface area contributed by atoms with E-state index >= 15 is 0 Å². The minimum atomic E-state index is -0.638. The molecule has 1 saturated carbocycles. The van der Waals surface area contributed by atoms with Crippen molar-refractivity contribution >= 4 is 5.91 Å². The van der Waals surface area contributed by atoms with Gasteiger partial charge in [-0.05, 0) is 54.3 Å². The second-order valence-electron chi connectivity index (χ2n) is 6.24. The third kappa shape index (κ3) is 4.60. The number of tetrazole rings is 1. The molecule has 1 aliphatic rings. The first kappa shape index (κ1) is 17.5. The summed E-state index contributed by atoms with van der Waals surface area (Å²) in [7, 11) is 0. The third-order valence-electron chi connectivity index (χ3n) is 4.38. The van der Waals surface area contributed by atoms with Crippen LogP contribution in [0.4, 0.5) is 4.39 Å². The molecule has 3 rings (SSSR count). The quantitative estimate of drug-likeness (QED) is 0.734. The van der Waals surface area contributed by atoms with E-state index in [-0.39, 0.29) is 11.7 Å².